The Hall–Kier alpha value is -2.38. The molecule has 8 heteroatoms. The van der Waals surface area contributed by atoms with Crippen molar-refractivity contribution in [1.29, 1.82) is 0 Å². The lowest BCUT2D eigenvalue weighted by Gasteiger charge is -1.94. The number of nitrogens with zero attached hydrogens (tertiary/aromatic N) is 4. The molecule has 0 atom stereocenters. The molecule has 0 aliphatic rings. The fourth-order valence-corrected chi connectivity index (χ4v) is 1.13. The second-order valence-corrected chi connectivity index (χ2v) is 2.82. The molecule has 0 unspecified atom stereocenters. The van der Waals surface area contributed by atoms with Gasteiger partial charge >= 0.3 is 11.7 Å². The monoisotopic (exact) mass is 209 g/mol. The minimum Gasteiger partial charge on any atom is -0.480 e. The van der Waals surface area contributed by atoms with E-state index < -0.39 is 11.7 Å². The summed E-state index contributed by atoms with van der Waals surface area (Å²) >= 11 is 0. The second-order valence-electron chi connectivity index (χ2n) is 2.82. The van der Waals surface area contributed by atoms with E-state index in [1.165, 1.54) is 28.0 Å². The average molecular weight is 209 g/mol. The van der Waals surface area contributed by atoms with Gasteiger partial charge < -0.3 is 5.11 Å². The molecule has 2 N–H and O–H groups in total. The van der Waals surface area contributed by atoms with Gasteiger partial charge in [-0.05, 0) is 0 Å². The lowest BCUT2D eigenvalue weighted by atomic mass is 10.5. The zero-order valence-electron chi connectivity index (χ0n) is 7.49. The van der Waals surface area contributed by atoms with E-state index >= 15 is 0 Å². The number of rotatable bonds is 3. The van der Waals surface area contributed by atoms with Crippen molar-refractivity contribution in [1.82, 2.24) is 24.5 Å². The fraction of sp³-hybridized carbons (Fsp3) is 0.143. The summed E-state index contributed by atoms with van der Waals surface area (Å²) in [5.74, 6) is -0.996. The number of carboxylic acids is 1. The molecule has 78 valence electrons. The number of hydrogen-bond donors (Lipinski definition) is 2. The molecule has 2 rings (SSSR count). The standard InChI is InChI=1S/C7H7N5O3/c13-6(14)3-11-2-5(1-9-11)12-4-8-10-7(12)15/h1-2,4H,3H2,(H,10,15)(H,13,14). The summed E-state index contributed by atoms with van der Waals surface area (Å²) in [6, 6.07) is 0. The summed E-state index contributed by atoms with van der Waals surface area (Å²) in [5, 5.41) is 18.1. The zero-order chi connectivity index (χ0) is 10.8. The maximum Gasteiger partial charge on any atom is 0.347 e. The molecule has 0 aliphatic carbocycles. The first kappa shape index (κ1) is 9.19. The van der Waals surface area contributed by atoms with Crippen LogP contribution in [0.15, 0.2) is 23.5 Å². The molecule has 0 saturated heterocycles. The number of aromatic nitrogens is 5. The molecule has 0 bridgehead atoms. The van der Waals surface area contributed by atoms with Gasteiger partial charge in [-0.25, -0.2) is 14.5 Å². The summed E-state index contributed by atoms with van der Waals surface area (Å²) in [7, 11) is 0. The lowest BCUT2D eigenvalue weighted by Crippen LogP contribution is -2.13. The van der Waals surface area contributed by atoms with Crippen LogP contribution in [-0.4, -0.2) is 35.6 Å². The molecule has 0 amide bonds. The van der Waals surface area contributed by atoms with Gasteiger partial charge in [0.2, 0.25) is 0 Å². The molecule has 15 heavy (non-hydrogen) atoms. The van der Waals surface area contributed by atoms with Crippen molar-refractivity contribution in [3.05, 3.63) is 29.2 Å². The van der Waals surface area contributed by atoms with Crippen LogP contribution in [0.1, 0.15) is 0 Å². The van der Waals surface area contributed by atoms with Gasteiger partial charge in [0.05, 0.1) is 11.9 Å². The SMILES string of the molecule is O=C(O)Cn1cc(-n2cn[nH]c2=O)cn1. The molecule has 0 aromatic carbocycles. The van der Waals surface area contributed by atoms with Gasteiger partial charge in [0.25, 0.3) is 0 Å². The van der Waals surface area contributed by atoms with Crippen molar-refractivity contribution < 1.29 is 9.90 Å². The molecule has 2 heterocycles. The summed E-state index contributed by atoms with van der Waals surface area (Å²) in [6.07, 6.45) is 4.13. The van der Waals surface area contributed by atoms with E-state index in [-0.39, 0.29) is 6.54 Å². The van der Waals surface area contributed by atoms with Gasteiger partial charge in [-0.3, -0.25) is 9.48 Å². The highest BCUT2D eigenvalue weighted by molar-refractivity contribution is 5.66. The predicted octanol–water partition coefficient (Wildman–Crippen LogP) is -1.16. The summed E-state index contributed by atoms with van der Waals surface area (Å²) < 4.78 is 2.45. The number of carbonyl (C=O) groups is 1. The maximum absolute atomic E-state index is 11.1. The molecular weight excluding hydrogens is 202 g/mol. The van der Waals surface area contributed by atoms with Crippen LogP contribution >= 0.6 is 0 Å². The van der Waals surface area contributed by atoms with Crippen LogP contribution < -0.4 is 5.69 Å². The Morgan fingerprint density at radius 3 is 3.00 bits per heavy atom. The van der Waals surface area contributed by atoms with Gasteiger partial charge in [0.15, 0.2) is 0 Å². The van der Waals surface area contributed by atoms with E-state index in [9.17, 15) is 9.59 Å². The Morgan fingerprint density at radius 2 is 2.40 bits per heavy atom. The highest BCUT2D eigenvalue weighted by atomic mass is 16.4. The Morgan fingerprint density at radius 1 is 1.60 bits per heavy atom. The first-order valence-electron chi connectivity index (χ1n) is 4.03. The highest BCUT2D eigenvalue weighted by Gasteiger charge is 2.05. The zero-order valence-corrected chi connectivity index (χ0v) is 7.49. The molecule has 0 spiro atoms. The van der Waals surface area contributed by atoms with E-state index in [1.54, 1.807) is 0 Å². The molecule has 0 radical (unpaired) electrons. The van der Waals surface area contributed by atoms with Crippen LogP contribution in [0.4, 0.5) is 0 Å². The molecular formula is C7H7N5O3. The normalized spacial score (nSPS) is 10.4. The number of aromatic amines is 1. The number of nitrogens with one attached hydrogen (secondary N) is 1. The third-order valence-electron chi connectivity index (χ3n) is 1.75. The Kier molecular flexibility index (Phi) is 2.08. The van der Waals surface area contributed by atoms with E-state index in [1.807, 2.05) is 0 Å². The van der Waals surface area contributed by atoms with E-state index in [0.717, 1.165) is 0 Å². The van der Waals surface area contributed by atoms with Crippen LogP contribution in [0.2, 0.25) is 0 Å². The molecule has 0 saturated carbocycles. The van der Waals surface area contributed by atoms with Crippen molar-refractivity contribution in [3.63, 3.8) is 0 Å². The van der Waals surface area contributed by atoms with Gasteiger partial charge in [-0.2, -0.15) is 10.2 Å². The van der Waals surface area contributed by atoms with Gasteiger partial charge in [0.1, 0.15) is 12.9 Å². The third kappa shape index (κ3) is 1.77. The second kappa shape index (κ2) is 3.40. The van der Waals surface area contributed by atoms with E-state index in [0.29, 0.717) is 5.69 Å². The van der Waals surface area contributed by atoms with Crippen LogP contribution in [0.3, 0.4) is 0 Å². The average Bonchev–Trinajstić information content (AvgIpc) is 2.72. The van der Waals surface area contributed by atoms with E-state index in [2.05, 4.69) is 15.3 Å². The number of H-pyrrole nitrogens is 1. The fourth-order valence-electron chi connectivity index (χ4n) is 1.13. The van der Waals surface area contributed by atoms with Crippen LogP contribution in [-0.2, 0) is 11.3 Å². The van der Waals surface area contributed by atoms with Crippen molar-refractivity contribution >= 4 is 5.97 Å². The number of carboxylic acid groups (broad SMARTS) is 1. The first-order valence-corrected chi connectivity index (χ1v) is 4.03. The highest BCUT2D eigenvalue weighted by Crippen LogP contribution is 2.01. The van der Waals surface area contributed by atoms with Crippen molar-refractivity contribution in [3.8, 4) is 5.69 Å². The summed E-state index contributed by atoms with van der Waals surface area (Å²) in [5.41, 5.74) is 0.0693. The smallest absolute Gasteiger partial charge is 0.347 e. The van der Waals surface area contributed by atoms with Crippen molar-refractivity contribution in [2.45, 2.75) is 6.54 Å². The van der Waals surface area contributed by atoms with Crippen molar-refractivity contribution in [2.24, 2.45) is 0 Å². The molecule has 2 aromatic heterocycles. The van der Waals surface area contributed by atoms with Crippen LogP contribution in [0.25, 0.3) is 5.69 Å². The van der Waals surface area contributed by atoms with Gasteiger partial charge in [0, 0.05) is 6.20 Å². The Balaban J connectivity index is 2.32. The molecule has 0 fully saturated rings. The topological polar surface area (TPSA) is 106 Å². The largest absolute Gasteiger partial charge is 0.480 e. The number of aliphatic carboxylic acids is 1. The maximum atomic E-state index is 11.1. The quantitative estimate of drug-likeness (QED) is 0.663. The molecule has 8 nitrogen and oxygen atoms in total. The molecule has 2 aromatic rings. The minimum absolute atomic E-state index is 0.243. The summed E-state index contributed by atoms with van der Waals surface area (Å²) in [4.78, 5) is 21.5. The Labute approximate surface area is 82.8 Å². The number of hydrogen-bond acceptors (Lipinski definition) is 4. The summed E-state index contributed by atoms with van der Waals surface area (Å²) in [6.45, 7) is -0.243. The first-order chi connectivity index (χ1) is 7.16. The Bertz CT molecular complexity index is 537. The third-order valence-corrected chi connectivity index (χ3v) is 1.75. The minimum atomic E-state index is -0.996. The van der Waals surface area contributed by atoms with Crippen LogP contribution in [0, 0.1) is 0 Å². The lowest BCUT2D eigenvalue weighted by molar-refractivity contribution is -0.137. The van der Waals surface area contributed by atoms with E-state index in [4.69, 9.17) is 5.11 Å². The van der Waals surface area contributed by atoms with Crippen molar-refractivity contribution in [2.75, 3.05) is 0 Å². The molecule has 0 aliphatic heterocycles. The van der Waals surface area contributed by atoms with Gasteiger partial charge in [-0.1, -0.05) is 0 Å². The van der Waals surface area contributed by atoms with Gasteiger partial charge in [-0.15, -0.1) is 0 Å². The van der Waals surface area contributed by atoms with Crippen LogP contribution in [0.5, 0.6) is 0 Å². The predicted molar refractivity (Wildman–Crippen MR) is 47.6 cm³/mol.